The van der Waals surface area contributed by atoms with Crippen LogP contribution in [0.15, 0.2) is 18.2 Å². The second kappa shape index (κ2) is 12.7. The molecule has 210 valence electrons. The lowest BCUT2D eigenvalue weighted by molar-refractivity contribution is -0.106. The molecule has 0 saturated heterocycles. The van der Waals surface area contributed by atoms with Crippen LogP contribution in [-0.4, -0.2) is 94.6 Å². The van der Waals surface area contributed by atoms with E-state index in [2.05, 4.69) is 5.32 Å². The minimum atomic E-state index is -4.93. The van der Waals surface area contributed by atoms with Crippen molar-refractivity contribution in [1.82, 2.24) is 15.1 Å². The maximum Gasteiger partial charge on any atom is 0.404 e. The van der Waals surface area contributed by atoms with Gasteiger partial charge < -0.3 is 24.6 Å². The summed E-state index contributed by atoms with van der Waals surface area (Å²) >= 11 is 0. The Morgan fingerprint density at radius 1 is 1.24 bits per heavy atom. The summed E-state index contributed by atoms with van der Waals surface area (Å²) in [6.07, 6.45) is -4.59. The maximum absolute atomic E-state index is 13.2. The van der Waals surface area contributed by atoms with Gasteiger partial charge in [0, 0.05) is 45.8 Å². The Labute approximate surface area is 215 Å². The highest BCUT2D eigenvalue weighted by atomic mass is 32.2. The molecule has 2 rings (SSSR count). The van der Waals surface area contributed by atoms with Crippen LogP contribution in [0.2, 0.25) is 0 Å². The topological polar surface area (TPSA) is 117 Å². The number of hydrogen-bond donors (Lipinski definition) is 2. The van der Waals surface area contributed by atoms with E-state index < -0.39 is 40.0 Å². The quantitative estimate of drug-likeness (QED) is 0.561. The molecule has 0 aliphatic carbocycles. The number of urea groups is 1. The largest absolute Gasteiger partial charge is 0.491 e. The van der Waals surface area contributed by atoms with E-state index in [4.69, 9.17) is 9.47 Å². The molecule has 10 nitrogen and oxygen atoms in total. The molecule has 3 amide bonds. The fourth-order valence-electron chi connectivity index (χ4n) is 3.88. The summed E-state index contributed by atoms with van der Waals surface area (Å²) in [4.78, 5) is 29.1. The number of sulfonamides is 1. The number of ether oxygens (including phenoxy) is 2. The monoisotopic (exact) mass is 552 g/mol. The first kappa shape index (κ1) is 30.5. The van der Waals surface area contributed by atoms with Gasteiger partial charge in [-0.25, -0.2) is 13.2 Å². The number of nitrogens with zero attached hydrogens (tertiary/aromatic N) is 2. The van der Waals surface area contributed by atoms with Gasteiger partial charge in [-0.1, -0.05) is 13.8 Å². The molecule has 0 aromatic heterocycles. The molecule has 1 aromatic rings. The highest BCUT2D eigenvalue weighted by Crippen LogP contribution is 2.28. The fourth-order valence-corrected chi connectivity index (χ4v) is 4.87. The number of carbonyl (C=O) groups excluding carboxylic acids is 2. The molecule has 0 saturated carbocycles. The second-order valence-corrected chi connectivity index (χ2v) is 10.9. The number of halogens is 3. The number of anilines is 1. The molecule has 0 fully saturated rings. The van der Waals surface area contributed by atoms with Gasteiger partial charge in [-0.2, -0.15) is 13.2 Å². The summed E-state index contributed by atoms with van der Waals surface area (Å²) in [6, 6.07) is 2.87. The van der Waals surface area contributed by atoms with Crippen LogP contribution in [0, 0.1) is 5.92 Å². The normalized spacial score (nSPS) is 21.8. The molecule has 1 aromatic carbocycles. The summed E-state index contributed by atoms with van der Waals surface area (Å²) in [6.45, 7) is 6.52. The number of likely N-dealkylation sites (N-methyl/N-ethyl adjacent to an activating group) is 1. The first-order valence-corrected chi connectivity index (χ1v) is 13.5. The zero-order valence-corrected chi connectivity index (χ0v) is 22.4. The summed E-state index contributed by atoms with van der Waals surface area (Å²) in [7, 11) is -1.66. The number of rotatable bonds is 6. The smallest absolute Gasteiger partial charge is 0.404 e. The van der Waals surface area contributed by atoms with Crippen molar-refractivity contribution in [2.45, 2.75) is 45.5 Å². The van der Waals surface area contributed by atoms with E-state index in [0.717, 1.165) is 12.5 Å². The van der Waals surface area contributed by atoms with Gasteiger partial charge in [-0.15, -0.1) is 0 Å². The van der Waals surface area contributed by atoms with Crippen LogP contribution in [0.4, 0.5) is 23.7 Å². The van der Waals surface area contributed by atoms with Crippen LogP contribution in [0.1, 0.15) is 37.6 Å². The molecule has 37 heavy (non-hydrogen) atoms. The van der Waals surface area contributed by atoms with E-state index in [1.165, 1.54) is 24.1 Å². The van der Waals surface area contributed by atoms with Gasteiger partial charge in [0.25, 0.3) is 5.91 Å². The molecular formula is C23H35F3N4O6S. The van der Waals surface area contributed by atoms with Gasteiger partial charge in [0.2, 0.25) is 10.0 Å². The molecule has 2 N–H and O–H groups in total. The molecular weight excluding hydrogens is 517 g/mol. The molecule has 0 unspecified atom stereocenters. The highest BCUT2D eigenvalue weighted by molar-refractivity contribution is 7.92. The average Bonchev–Trinajstić information content (AvgIpc) is 2.79. The molecule has 0 bridgehead atoms. The van der Waals surface area contributed by atoms with Crippen LogP contribution in [0.5, 0.6) is 5.75 Å². The predicted octanol–water partition coefficient (Wildman–Crippen LogP) is 2.92. The lowest BCUT2D eigenvalue weighted by Crippen LogP contribution is -2.51. The van der Waals surface area contributed by atoms with Crippen LogP contribution >= 0.6 is 0 Å². The Morgan fingerprint density at radius 3 is 2.51 bits per heavy atom. The lowest BCUT2D eigenvalue weighted by atomic mass is 10.0. The number of nitrogens with one attached hydrogen (secondary N) is 2. The molecule has 0 spiro atoms. The van der Waals surface area contributed by atoms with E-state index >= 15 is 0 Å². The van der Waals surface area contributed by atoms with E-state index in [1.807, 2.05) is 18.6 Å². The molecule has 14 heteroatoms. The molecule has 3 atom stereocenters. The zero-order chi connectivity index (χ0) is 28.0. The number of methoxy groups -OCH3 is 1. The number of fused-ring (bicyclic) bond motifs is 1. The van der Waals surface area contributed by atoms with Gasteiger partial charge in [0.1, 0.15) is 12.4 Å². The van der Waals surface area contributed by atoms with Crippen molar-refractivity contribution < 1.29 is 40.7 Å². The Kier molecular flexibility index (Phi) is 10.4. The first-order valence-electron chi connectivity index (χ1n) is 11.8. The number of alkyl halides is 3. The average molecular weight is 553 g/mol. The van der Waals surface area contributed by atoms with Crippen LogP contribution in [0.25, 0.3) is 0 Å². The first-order chi connectivity index (χ1) is 17.2. The zero-order valence-electron chi connectivity index (χ0n) is 21.6. The fraction of sp³-hybridized carbons (Fsp3) is 0.652. The minimum absolute atomic E-state index is 0.0348. The van der Waals surface area contributed by atoms with Crippen LogP contribution in [-0.2, 0) is 14.8 Å². The van der Waals surface area contributed by atoms with E-state index in [-0.39, 0.29) is 42.1 Å². The van der Waals surface area contributed by atoms with Crippen molar-refractivity contribution >= 4 is 27.6 Å². The molecule has 1 heterocycles. The van der Waals surface area contributed by atoms with Crippen molar-refractivity contribution in [1.29, 1.82) is 0 Å². The number of hydrogen-bond acceptors (Lipinski definition) is 6. The van der Waals surface area contributed by atoms with Gasteiger partial charge >= 0.3 is 12.2 Å². The lowest BCUT2D eigenvalue weighted by Gasteiger charge is -2.36. The van der Waals surface area contributed by atoms with Crippen LogP contribution < -0.4 is 14.8 Å². The van der Waals surface area contributed by atoms with Gasteiger partial charge in [-0.3, -0.25) is 9.52 Å². The predicted molar refractivity (Wildman–Crippen MR) is 132 cm³/mol. The minimum Gasteiger partial charge on any atom is -0.491 e. The molecule has 0 radical (unpaired) electrons. The van der Waals surface area contributed by atoms with E-state index in [1.54, 1.807) is 18.9 Å². The third-order valence-electron chi connectivity index (χ3n) is 5.86. The summed E-state index contributed by atoms with van der Waals surface area (Å²) in [5.74, 6) is -2.68. The van der Waals surface area contributed by atoms with Crippen LogP contribution in [0.3, 0.4) is 0 Å². The third kappa shape index (κ3) is 8.95. The third-order valence-corrected chi connectivity index (χ3v) is 7.11. The van der Waals surface area contributed by atoms with Crippen molar-refractivity contribution in [3.63, 3.8) is 0 Å². The Hall–Kier alpha value is -2.74. The number of benzene rings is 1. The molecule has 1 aliphatic heterocycles. The highest BCUT2D eigenvalue weighted by Gasteiger charge is 2.35. The second-order valence-electron chi connectivity index (χ2n) is 9.17. The summed E-state index contributed by atoms with van der Waals surface area (Å²) < 4.78 is 75.2. The van der Waals surface area contributed by atoms with E-state index in [0.29, 0.717) is 13.1 Å². The Bertz CT molecular complexity index is 1050. The Morgan fingerprint density at radius 2 is 1.92 bits per heavy atom. The van der Waals surface area contributed by atoms with Gasteiger partial charge in [0.15, 0.2) is 5.75 Å². The number of carbonyl (C=O) groups is 2. The van der Waals surface area contributed by atoms with Gasteiger partial charge in [-0.05, 0) is 25.5 Å². The van der Waals surface area contributed by atoms with Crippen molar-refractivity contribution in [3.8, 4) is 5.75 Å². The summed E-state index contributed by atoms with van der Waals surface area (Å²) in [5, 5.41) is 2.84. The van der Waals surface area contributed by atoms with Gasteiger partial charge in [0.05, 0.1) is 23.4 Å². The standard InChI is InChI=1S/C23H35F3N4O6S/c1-6-9-27-22(32)30-11-15(2)20(35-5)12-29(4)21(31)18-8-7-17(10-19(18)36-13-16(30)3)28-37(33,34)14-23(24,25)26/h7-8,10,15-16,20,28H,6,9,11-14H2,1-5H3,(H,27,32)/t15-,16+,20+/m0/s1. The molecule has 1 aliphatic rings. The van der Waals surface area contributed by atoms with Crippen molar-refractivity contribution in [2.75, 3.05) is 50.9 Å². The Balaban J connectivity index is 2.45. The van der Waals surface area contributed by atoms with Crippen molar-refractivity contribution in [2.24, 2.45) is 5.92 Å². The summed E-state index contributed by atoms with van der Waals surface area (Å²) in [5.41, 5.74) is -0.113. The van der Waals surface area contributed by atoms with E-state index in [9.17, 15) is 31.2 Å². The maximum atomic E-state index is 13.2. The number of amides is 3. The van der Waals surface area contributed by atoms with Crippen molar-refractivity contribution in [3.05, 3.63) is 23.8 Å². The SMILES string of the molecule is CCCNC(=O)N1C[C@H](C)[C@H](OC)CN(C)C(=O)c2ccc(NS(=O)(=O)CC(F)(F)F)cc2OC[C@H]1C.